The smallest absolute Gasteiger partial charge is 0.232 e. The maximum Gasteiger partial charge on any atom is 0.232 e. The number of anilines is 1. The Morgan fingerprint density at radius 2 is 2.42 bits per heavy atom. The Bertz CT molecular complexity index is 353. The second-order valence-electron chi connectivity index (χ2n) is 2.65. The van der Waals surface area contributed by atoms with Gasteiger partial charge in [-0.25, -0.2) is 9.97 Å². The molecule has 0 saturated heterocycles. The van der Waals surface area contributed by atoms with Crippen LogP contribution in [0.4, 0.5) is 5.82 Å². The van der Waals surface area contributed by atoms with E-state index < -0.39 is 0 Å². The van der Waals surface area contributed by atoms with E-state index in [1.807, 2.05) is 0 Å². The van der Waals surface area contributed by atoms with Gasteiger partial charge in [0, 0.05) is 11.8 Å². The van der Waals surface area contributed by atoms with Gasteiger partial charge in [0.25, 0.3) is 0 Å². The molecular formula is C7H6ClN3O. The van der Waals surface area contributed by atoms with Gasteiger partial charge in [-0.15, -0.1) is 0 Å². The lowest BCUT2D eigenvalue weighted by Crippen LogP contribution is -2.08. The van der Waals surface area contributed by atoms with Crippen molar-refractivity contribution in [1.29, 1.82) is 0 Å². The van der Waals surface area contributed by atoms with Crippen molar-refractivity contribution in [1.82, 2.24) is 9.97 Å². The molecule has 2 rings (SSSR count). The van der Waals surface area contributed by atoms with Gasteiger partial charge in [-0.3, -0.25) is 4.79 Å². The molecule has 1 atom stereocenters. The number of nitrogens with zero attached hydrogens (tertiary/aromatic N) is 2. The number of aromatic nitrogens is 2. The van der Waals surface area contributed by atoms with E-state index in [0.29, 0.717) is 5.82 Å². The third kappa shape index (κ3) is 0.956. The molecule has 0 saturated carbocycles. The standard InChI is InChI=1S/C7H6ClN3O/c1-3-4-2-9-7(8)11-5(4)10-6(3)12/h2-3H,1H3,(H,9,10,11,12)/t3-/m1/s1. The minimum absolute atomic E-state index is 0.0541. The lowest BCUT2D eigenvalue weighted by molar-refractivity contribution is -0.116. The number of amides is 1. The zero-order chi connectivity index (χ0) is 8.72. The fourth-order valence-electron chi connectivity index (χ4n) is 1.15. The summed E-state index contributed by atoms with van der Waals surface area (Å²) in [5.41, 5.74) is 0.810. The predicted octanol–water partition coefficient (Wildman–Crippen LogP) is 1.19. The average Bonchev–Trinajstić information content (AvgIpc) is 2.28. The Hall–Kier alpha value is -1.16. The number of carbonyl (C=O) groups is 1. The molecule has 0 radical (unpaired) electrons. The first-order valence-corrected chi connectivity index (χ1v) is 3.89. The number of fused-ring (bicyclic) bond motifs is 1. The third-order valence-corrected chi connectivity index (χ3v) is 2.07. The molecular weight excluding hydrogens is 178 g/mol. The summed E-state index contributed by atoms with van der Waals surface area (Å²) in [4.78, 5) is 18.8. The summed E-state index contributed by atoms with van der Waals surface area (Å²) in [7, 11) is 0. The molecule has 62 valence electrons. The first-order chi connectivity index (χ1) is 5.68. The van der Waals surface area contributed by atoms with Crippen molar-refractivity contribution in [2.45, 2.75) is 12.8 Å². The summed E-state index contributed by atoms with van der Waals surface area (Å²) in [6.07, 6.45) is 1.58. The average molecular weight is 184 g/mol. The summed E-state index contributed by atoms with van der Waals surface area (Å²) in [5, 5.41) is 2.77. The number of nitrogens with one attached hydrogen (secondary N) is 1. The van der Waals surface area contributed by atoms with E-state index in [1.165, 1.54) is 0 Å². The summed E-state index contributed by atoms with van der Waals surface area (Å²) in [6.45, 7) is 1.80. The van der Waals surface area contributed by atoms with Gasteiger partial charge in [0.1, 0.15) is 5.82 Å². The highest BCUT2D eigenvalue weighted by atomic mass is 35.5. The van der Waals surface area contributed by atoms with Crippen LogP contribution in [0.3, 0.4) is 0 Å². The highest BCUT2D eigenvalue weighted by Crippen LogP contribution is 2.29. The molecule has 4 nitrogen and oxygen atoms in total. The van der Waals surface area contributed by atoms with Crippen molar-refractivity contribution in [3.63, 3.8) is 0 Å². The molecule has 1 aliphatic rings. The van der Waals surface area contributed by atoms with Crippen LogP contribution in [0, 0.1) is 0 Å². The molecule has 0 bridgehead atoms. The molecule has 5 heteroatoms. The largest absolute Gasteiger partial charge is 0.310 e. The molecule has 0 aromatic carbocycles. The number of rotatable bonds is 0. The van der Waals surface area contributed by atoms with Crippen molar-refractivity contribution >= 4 is 23.3 Å². The monoisotopic (exact) mass is 183 g/mol. The van der Waals surface area contributed by atoms with Crippen LogP contribution in [0.1, 0.15) is 18.4 Å². The van der Waals surface area contributed by atoms with Crippen LogP contribution in [0.15, 0.2) is 6.20 Å². The van der Waals surface area contributed by atoms with E-state index in [9.17, 15) is 4.79 Å². The third-order valence-electron chi connectivity index (χ3n) is 1.89. The van der Waals surface area contributed by atoms with Crippen molar-refractivity contribution in [2.24, 2.45) is 0 Å². The molecule has 0 aliphatic carbocycles. The minimum Gasteiger partial charge on any atom is -0.310 e. The van der Waals surface area contributed by atoms with Crippen LogP contribution in [-0.4, -0.2) is 15.9 Å². The fraction of sp³-hybridized carbons (Fsp3) is 0.286. The Kier molecular flexibility index (Phi) is 1.51. The van der Waals surface area contributed by atoms with Crippen LogP contribution in [0.5, 0.6) is 0 Å². The molecule has 0 fully saturated rings. The van der Waals surface area contributed by atoms with Gasteiger partial charge in [0.2, 0.25) is 11.2 Å². The van der Waals surface area contributed by atoms with Crippen LogP contribution in [-0.2, 0) is 4.79 Å². The highest BCUT2D eigenvalue weighted by Gasteiger charge is 2.27. The zero-order valence-electron chi connectivity index (χ0n) is 6.34. The topological polar surface area (TPSA) is 54.9 Å². The van der Waals surface area contributed by atoms with Crippen LogP contribution in [0.25, 0.3) is 0 Å². The van der Waals surface area contributed by atoms with E-state index in [-0.39, 0.29) is 17.1 Å². The van der Waals surface area contributed by atoms with Crippen molar-refractivity contribution in [3.05, 3.63) is 17.0 Å². The van der Waals surface area contributed by atoms with Gasteiger partial charge in [0.15, 0.2) is 0 Å². The van der Waals surface area contributed by atoms with E-state index in [4.69, 9.17) is 11.6 Å². The normalized spacial score (nSPS) is 20.5. The van der Waals surface area contributed by atoms with Gasteiger partial charge in [-0.2, -0.15) is 0 Å². The number of hydrogen-bond donors (Lipinski definition) is 1. The molecule has 1 N–H and O–H groups in total. The van der Waals surface area contributed by atoms with E-state index >= 15 is 0 Å². The summed E-state index contributed by atoms with van der Waals surface area (Å²) < 4.78 is 0. The quantitative estimate of drug-likeness (QED) is 0.615. The zero-order valence-corrected chi connectivity index (χ0v) is 7.09. The highest BCUT2D eigenvalue weighted by molar-refractivity contribution is 6.28. The SMILES string of the molecule is C[C@H]1C(=O)Nc2nc(Cl)ncc21. The van der Waals surface area contributed by atoms with Crippen molar-refractivity contribution in [2.75, 3.05) is 5.32 Å². The number of halogens is 1. The number of carbonyl (C=O) groups excluding carboxylic acids is 1. The molecule has 12 heavy (non-hydrogen) atoms. The van der Waals surface area contributed by atoms with Crippen molar-refractivity contribution < 1.29 is 4.79 Å². The molecule has 2 heterocycles. The molecule has 1 aliphatic heterocycles. The van der Waals surface area contributed by atoms with Gasteiger partial charge < -0.3 is 5.32 Å². The first kappa shape index (κ1) is 7.49. The minimum atomic E-state index is -0.169. The van der Waals surface area contributed by atoms with Gasteiger partial charge >= 0.3 is 0 Å². The number of hydrogen-bond acceptors (Lipinski definition) is 3. The van der Waals surface area contributed by atoms with Gasteiger partial charge in [-0.05, 0) is 18.5 Å². The summed E-state index contributed by atoms with van der Waals surface area (Å²) >= 11 is 5.55. The lowest BCUT2D eigenvalue weighted by atomic mass is 10.1. The van der Waals surface area contributed by atoms with Gasteiger partial charge in [0.05, 0.1) is 5.92 Å². The molecule has 1 amide bonds. The summed E-state index contributed by atoms with van der Waals surface area (Å²) in [5.74, 6) is 0.311. The Morgan fingerprint density at radius 1 is 1.67 bits per heavy atom. The summed E-state index contributed by atoms with van der Waals surface area (Å²) in [6, 6.07) is 0. The lowest BCUT2D eigenvalue weighted by Gasteiger charge is -1.97. The predicted molar refractivity (Wildman–Crippen MR) is 44.1 cm³/mol. The first-order valence-electron chi connectivity index (χ1n) is 3.52. The molecule has 1 aromatic heterocycles. The Labute approximate surface area is 74.0 Å². The van der Waals surface area contributed by atoms with E-state index in [1.54, 1.807) is 13.1 Å². The fourth-order valence-corrected chi connectivity index (χ4v) is 1.29. The maximum absolute atomic E-state index is 11.1. The second-order valence-corrected chi connectivity index (χ2v) is 2.99. The second kappa shape index (κ2) is 2.42. The van der Waals surface area contributed by atoms with Crippen molar-refractivity contribution in [3.8, 4) is 0 Å². The van der Waals surface area contributed by atoms with E-state index in [0.717, 1.165) is 5.56 Å². The molecule has 0 spiro atoms. The Morgan fingerprint density at radius 3 is 3.17 bits per heavy atom. The molecule has 1 aromatic rings. The van der Waals surface area contributed by atoms with Crippen LogP contribution < -0.4 is 5.32 Å². The Balaban J connectivity index is 2.54. The van der Waals surface area contributed by atoms with Crippen LogP contribution in [0.2, 0.25) is 5.28 Å². The maximum atomic E-state index is 11.1. The van der Waals surface area contributed by atoms with Crippen LogP contribution >= 0.6 is 11.6 Å². The van der Waals surface area contributed by atoms with E-state index in [2.05, 4.69) is 15.3 Å². The van der Waals surface area contributed by atoms with Gasteiger partial charge in [-0.1, -0.05) is 0 Å². The molecule has 0 unspecified atom stereocenters.